The van der Waals surface area contributed by atoms with Gasteiger partial charge in [-0.3, -0.25) is 0 Å². The second kappa shape index (κ2) is 4.17. The fourth-order valence-electron chi connectivity index (χ4n) is 2.03. The molecule has 1 aliphatic rings. The SMILES string of the molecule is O=P([O-])([O-])COc1cccc2c1-c1ncsc1C2. The summed E-state index contributed by atoms with van der Waals surface area (Å²) in [4.78, 5) is 26.7. The zero-order valence-electron chi connectivity index (χ0n) is 9.16. The molecule has 1 aromatic carbocycles. The molecule has 5 nitrogen and oxygen atoms in total. The summed E-state index contributed by atoms with van der Waals surface area (Å²) in [7, 11) is -4.67. The Bertz CT molecular complexity index is 648. The second-order valence-electron chi connectivity index (χ2n) is 3.98. The standard InChI is InChI=1S/C11H10NO4PS/c13-17(14,15)6-16-8-3-1-2-7-4-9-11(10(7)8)12-5-18-9/h1-3,5H,4,6H2,(H2,13,14,15)/p-2. The molecule has 0 spiro atoms. The van der Waals surface area contributed by atoms with E-state index in [1.165, 1.54) is 0 Å². The van der Waals surface area contributed by atoms with E-state index in [0.29, 0.717) is 5.75 Å². The number of thiazole rings is 1. The molecule has 0 amide bonds. The Morgan fingerprint density at radius 2 is 2.28 bits per heavy atom. The first kappa shape index (κ1) is 11.9. The van der Waals surface area contributed by atoms with Gasteiger partial charge in [0.15, 0.2) is 0 Å². The van der Waals surface area contributed by atoms with E-state index in [2.05, 4.69) is 4.98 Å². The Morgan fingerprint density at radius 3 is 3.06 bits per heavy atom. The number of aromatic nitrogens is 1. The maximum atomic E-state index is 10.6. The molecule has 0 fully saturated rings. The van der Waals surface area contributed by atoms with Crippen molar-refractivity contribution in [3.8, 4) is 17.0 Å². The van der Waals surface area contributed by atoms with Crippen molar-refractivity contribution in [2.45, 2.75) is 6.42 Å². The monoisotopic (exact) mass is 281 g/mol. The maximum absolute atomic E-state index is 10.6. The van der Waals surface area contributed by atoms with E-state index in [0.717, 1.165) is 28.1 Å². The number of ether oxygens (including phenoxy) is 1. The maximum Gasteiger partial charge on any atom is 0.129 e. The van der Waals surface area contributed by atoms with Crippen LogP contribution in [0.5, 0.6) is 5.75 Å². The van der Waals surface area contributed by atoms with Crippen LogP contribution in [0, 0.1) is 0 Å². The summed E-state index contributed by atoms with van der Waals surface area (Å²) in [5.41, 5.74) is 4.43. The molecule has 1 aliphatic carbocycles. The van der Waals surface area contributed by atoms with Crippen molar-refractivity contribution >= 4 is 18.9 Å². The Kier molecular flexibility index (Phi) is 2.75. The van der Waals surface area contributed by atoms with Gasteiger partial charge in [-0.2, -0.15) is 0 Å². The molecule has 0 saturated carbocycles. The molecular weight excluding hydrogens is 273 g/mol. The van der Waals surface area contributed by atoms with Crippen LogP contribution in [0.1, 0.15) is 10.4 Å². The average molecular weight is 281 g/mol. The van der Waals surface area contributed by atoms with Gasteiger partial charge in [0.2, 0.25) is 0 Å². The van der Waals surface area contributed by atoms with Crippen molar-refractivity contribution in [1.82, 2.24) is 4.98 Å². The predicted molar refractivity (Wildman–Crippen MR) is 63.5 cm³/mol. The molecular formula is C11H8NO4PS-2. The molecule has 0 bridgehead atoms. The summed E-state index contributed by atoms with van der Waals surface area (Å²) in [6.07, 6.45) is -0.0537. The average Bonchev–Trinajstić information content (AvgIpc) is 2.84. The van der Waals surface area contributed by atoms with Crippen molar-refractivity contribution < 1.29 is 19.1 Å². The normalized spacial score (nSPS) is 13.2. The highest BCUT2D eigenvalue weighted by Crippen LogP contribution is 2.43. The smallest absolute Gasteiger partial charge is 0.129 e. The molecule has 0 unspecified atom stereocenters. The molecule has 7 heteroatoms. The van der Waals surface area contributed by atoms with Crippen LogP contribution in [0.4, 0.5) is 0 Å². The van der Waals surface area contributed by atoms with E-state index < -0.39 is 13.9 Å². The summed E-state index contributed by atoms with van der Waals surface area (Å²) in [6.45, 7) is 0. The van der Waals surface area contributed by atoms with E-state index in [1.54, 1.807) is 29.0 Å². The largest absolute Gasteiger partial charge is 0.808 e. The van der Waals surface area contributed by atoms with Crippen molar-refractivity contribution in [2.24, 2.45) is 0 Å². The molecule has 1 heterocycles. The third kappa shape index (κ3) is 2.08. The quantitative estimate of drug-likeness (QED) is 0.668. The van der Waals surface area contributed by atoms with Crippen LogP contribution in [-0.4, -0.2) is 11.3 Å². The molecule has 0 atom stereocenters. The van der Waals surface area contributed by atoms with Crippen LogP contribution in [0.25, 0.3) is 11.3 Å². The summed E-state index contributed by atoms with van der Waals surface area (Å²) < 4.78 is 15.8. The molecule has 3 rings (SSSR count). The predicted octanol–water partition coefficient (Wildman–Crippen LogP) is 0.964. The lowest BCUT2D eigenvalue weighted by atomic mass is 10.1. The highest BCUT2D eigenvalue weighted by Gasteiger charge is 2.24. The Morgan fingerprint density at radius 1 is 1.44 bits per heavy atom. The molecule has 1 aromatic heterocycles. The molecule has 2 aromatic rings. The minimum Gasteiger partial charge on any atom is -0.808 e. The first-order valence-corrected chi connectivity index (χ1v) is 7.84. The zero-order valence-corrected chi connectivity index (χ0v) is 10.9. The van der Waals surface area contributed by atoms with Crippen LogP contribution in [-0.2, 0) is 11.0 Å². The molecule has 0 radical (unpaired) electrons. The Hall–Kier alpha value is -1.20. The van der Waals surface area contributed by atoms with E-state index in [1.807, 2.05) is 6.07 Å². The van der Waals surface area contributed by atoms with Crippen molar-refractivity contribution in [3.05, 3.63) is 34.2 Å². The van der Waals surface area contributed by atoms with Crippen LogP contribution < -0.4 is 14.5 Å². The first-order chi connectivity index (χ1) is 8.54. The lowest BCUT2D eigenvalue weighted by Gasteiger charge is -2.29. The van der Waals surface area contributed by atoms with Crippen LogP contribution >= 0.6 is 18.9 Å². The van der Waals surface area contributed by atoms with Crippen LogP contribution in [0.3, 0.4) is 0 Å². The van der Waals surface area contributed by atoms with Gasteiger partial charge in [-0.15, -0.1) is 11.3 Å². The minimum absolute atomic E-state index is 0.407. The lowest BCUT2D eigenvalue weighted by molar-refractivity contribution is -0.316. The van der Waals surface area contributed by atoms with Crippen molar-refractivity contribution in [1.29, 1.82) is 0 Å². The highest BCUT2D eigenvalue weighted by molar-refractivity contribution is 7.48. The molecule has 0 N–H and O–H groups in total. The van der Waals surface area contributed by atoms with Gasteiger partial charge in [-0.1, -0.05) is 12.1 Å². The lowest BCUT2D eigenvalue weighted by Crippen LogP contribution is -2.20. The van der Waals surface area contributed by atoms with E-state index in [-0.39, 0.29) is 0 Å². The molecule has 94 valence electrons. The topological polar surface area (TPSA) is 85.3 Å². The molecule has 0 aliphatic heterocycles. The van der Waals surface area contributed by atoms with Gasteiger partial charge in [-0.25, -0.2) is 4.98 Å². The van der Waals surface area contributed by atoms with Gasteiger partial charge < -0.3 is 19.1 Å². The van der Waals surface area contributed by atoms with Crippen LogP contribution in [0.15, 0.2) is 23.7 Å². The zero-order chi connectivity index (χ0) is 12.8. The summed E-state index contributed by atoms with van der Waals surface area (Å²) >= 11 is 1.56. The fourth-order valence-corrected chi connectivity index (χ4v) is 3.12. The summed E-state index contributed by atoms with van der Waals surface area (Å²) in [5.74, 6) is 0.407. The number of rotatable bonds is 3. The Labute approximate surface area is 107 Å². The fraction of sp³-hybridized carbons (Fsp3) is 0.182. The minimum atomic E-state index is -4.67. The van der Waals surface area contributed by atoms with E-state index in [9.17, 15) is 14.4 Å². The number of hydrogen-bond acceptors (Lipinski definition) is 6. The van der Waals surface area contributed by atoms with E-state index >= 15 is 0 Å². The third-order valence-corrected chi connectivity index (χ3v) is 4.00. The van der Waals surface area contributed by atoms with Crippen LogP contribution in [0.2, 0.25) is 0 Å². The van der Waals surface area contributed by atoms with Gasteiger partial charge in [0.05, 0.1) is 11.2 Å². The van der Waals surface area contributed by atoms with Gasteiger partial charge in [0.1, 0.15) is 12.1 Å². The molecule has 18 heavy (non-hydrogen) atoms. The second-order valence-corrected chi connectivity index (χ2v) is 6.39. The molecule has 0 saturated heterocycles. The summed E-state index contributed by atoms with van der Waals surface area (Å²) in [6, 6.07) is 5.39. The van der Waals surface area contributed by atoms with Gasteiger partial charge in [0, 0.05) is 16.9 Å². The number of hydrogen-bond donors (Lipinski definition) is 0. The summed E-state index contributed by atoms with van der Waals surface area (Å²) in [5, 5.41) is 0. The van der Waals surface area contributed by atoms with Gasteiger partial charge >= 0.3 is 0 Å². The van der Waals surface area contributed by atoms with E-state index in [4.69, 9.17) is 4.74 Å². The highest BCUT2D eigenvalue weighted by atomic mass is 32.1. The number of nitrogens with zero attached hydrogens (tertiary/aromatic N) is 1. The Balaban J connectivity index is 1.99. The van der Waals surface area contributed by atoms with Gasteiger partial charge in [0.25, 0.3) is 0 Å². The van der Waals surface area contributed by atoms with Crippen molar-refractivity contribution in [2.75, 3.05) is 6.35 Å². The number of fused-ring (bicyclic) bond motifs is 3. The third-order valence-electron chi connectivity index (χ3n) is 2.72. The first-order valence-electron chi connectivity index (χ1n) is 5.23. The number of benzene rings is 1. The van der Waals surface area contributed by atoms with Crippen molar-refractivity contribution in [3.63, 3.8) is 0 Å². The van der Waals surface area contributed by atoms with Gasteiger partial charge in [-0.05, 0) is 19.2 Å².